The van der Waals surface area contributed by atoms with Crippen LogP contribution in [0.4, 0.5) is 0 Å². The molecule has 1 N–H and O–H groups in total. The van der Waals surface area contributed by atoms with Gasteiger partial charge in [-0.25, -0.2) is 0 Å². The summed E-state index contributed by atoms with van der Waals surface area (Å²) in [6, 6.07) is 16.4. The molecule has 1 amide bonds. The van der Waals surface area contributed by atoms with Gasteiger partial charge >= 0.3 is 0 Å². The Kier molecular flexibility index (Phi) is 4.94. The van der Waals surface area contributed by atoms with Crippen LogP contribution < -0.4 is 5.32 Å². The largest absolute Gasteiger partial charge is 0.355 e. The van der Waals surface area contributed by atoms with Gasteiger partial charge in [-0.2, -0.15) is 0 Å². The molecule has 0 atom stereocenters. The lowest BCUT2D eigenvalue weighted by molar-refractivity contribution is -0.120. The van der Waals surface area contributed by atoms with Crippen LogP contribution in [0.1, 0.15) is 22.3 Å². The fraction of sp³-hybridized carbons (Fsp3) is 0.278. The predicted octanol–water partition coefficient (Wildman–Crippen LogP) is 3.20. The van der Waals surface area contributed by atoms with E-state index in [1.54, 1.807) is 0 Å². The van der Waals surface area contributed by atoms with Crippen LogP contribution in [-0.2, 0) is 17.6 Å². The third kappa shape index (κ3) is 4.23. The summed E-state index contributed by atoms with van der Waals surface area (Å²) in [5.41, 5.74) is 4.73. The van der Waals surface area contributed by atoms with Gasteiger partial charge in [-0.15, -0.1) is 0 Å². The molecule has 0 heterocycles. The molecule has 2 heteroatoms. The molecule has 0 spiro atoms. The number of carbonyl (C=O) groups is 1. The molecule has 0 saturated heterocycles. The Morgan fingerprint density at radius 3 is 2.55 bits per heavy atom. The van der Waals surface area contributed by atoms with Gasteiger partial charge in [0.25, 0.3) is 0 Å². The molecular weight excluding hydrogens is 246 g/mol. The van der Waals surface area contributed by atoms with E-state index in [4.69, 9.17) is 0 Å². The molecule has 2 aromatic rings. The molecule has 2 nitrogen and oxygen atoms in total. The van der Waals surface area contributed by atoms with Gasteiger partial charge in [-0.1, -0.05) is 54.1 Å². The maximum atomic E-state index is 12.0. The molecule has 0 aliphatic rings. The standard InChI is InChI=1S/C18H21NO/c1-14-8-9-15(2)17(12-14)13-18(20)19-11-10-16-6-4-3-5-7-16/h3-9,12H,10-11,13H2,1-2H3,(H,19,20). The van der Waals surface area contributed by atoms with Gasteiger partial charge < -0.3 is 5.32 Å². The second-order valence-corrected chi connectivity index (χ2v) is 5.19. The Balaban J connectivity index is 1.82. The van der Waals surface area contributed by atoms with E-state index in [2.05, 4.69) is 42.6 Å². The Hall–Kier alpha value is -2.09. The molecule has 0 bridgehead atoms. The van der Waals surface area contributed by atoms with E-state index in [1.165, 1.54) is 16.7 Å². The lowest BCUT2D eigenvalue weighted by Crippen LogP contribution is -2.27. The number of amides is 1. The molecule has 0 unspecified atom stereocenters. The minimum absolute atomic E-state index is 0.0923. The molecule has 0 saturated carbocycles. The normalized spacial score (nSPS) is 10.3. The van der Waals surface area contributed by atoms with Crippen molar-refractivity contribution in [3.8, 4) is 0 Å². The van der Waals surface area contributed by atoms with Gasteiger partial charge in [0.15, 0.2) is 0 Å². The zero-order valence-corrected chi connectivity index (χ0v) is 12.1. The lowest BCUT2D eigenvalue weighted by Gasteiger charge is -2.08. The fourth-order valence-electron chi connectivity index (χ4n) is 2.22. The van der Waals surface area contributed by atoms with Gasteiger partial charge in [-0.3, -0.25) is 4.79 Å². The Labute approximate surface area is 120 Å². The number of hydrogen-bond acceptors (Lipinski definition) is 1. The van der Waals surface area contributed by atoms with Crippen molar-refractivity contribution in [1.82, 2.24) is 5.32 Å². The number of aryl methyl sites for hydroxylation is 2. The molecule has 0 aromatic heterocycles. The molecule has 0 aliphatic heterocycles. The van der Waals surface area contributed by atoms with Crippen LogP contribution in [-0.4, -0.2) is 12.5 Å². The van der Waals surface area contributed by atoms with Gasteiger partial charge in [-0.05, 0) is 37.0 Å². The first-order valence-electron chi connectivity index (χ1n) is 7.02. The maximum absolute atomic E-state index is 12.0. The molecule has 0 radical (unpaired) electrons. The van der Waals surface area contributed by atoms with Gasteiger partial charge in [0.1, 0.15) is 0 Å². The smallest absolute Gasteiger partial charge is 0.224 e. The molecule has 2 aromatic carbocycles. The Morgan fingerprint density at radius 1 is 1.05 bits per heavy atom. The van der Waals surface area contributed by atoms with Crippen molar-refractivity contribution in [3.05, 3.63) is 70.8 Å². The minimum Gasteiger partial charge on any atom is -0.355 e. The first kappa shape index (κ1) is 14.3. The summed E-state index contributed by atoms with van der Waals surface area (Å²) >= 11 is 0. The Bertz CT molecular complexity index is 575. The van der Waals surface area contributed by atoms with E-state index in [-0.39, 0.29) is 5.91 Å². The van der Waals surface area contributed by atoms with E-state index in [1.807, 2.05) is 25.1 Å². The van der Waals surface area contributed by atoms with Crippen molar-refractivity contribution in [2.24, 2.45) is 0 Å². The fourth-order valence-corrected chi connectivity index (χ4v) is 2.22. The number of carbonyl (C=O) groups excluding carboxylic acids is 1. The van der Waals surface area contributed by atoms with E-state index in [0.717, 1.165) is 12.0 Å². The highest BCUT2D eigenvalue weighted by Gasteiger charge is 2.05. The zero-order valence-electron chi connectivity index (χ0n) is 12.1. The monoisotopic (exact) mass is 267 g/mol. The summed E-state index contributed by atoms with van der Waals surface area (Å²) in [6.07, 6.45) is 1.34. The lowest BCUT2D eigenvalue weighted by atomic mass is 10.0. The number of benzene rings is 2. The molecule has 20 heavy (non-hydrogen) atoms. The number of hydrogen-bond donors (Lipinski definition) is 1. The predicted molar refractivity (Wildman–Crippen MR) is 82.8 cm³/mol. The topological polar surface area (TPSA) is 29.1 Å². The van der Waals surface area contributed by atoms with Crippen LogP contribution in [0.5, 0.6) is 0 Å². The van der Waals surface area contributed by atoms with Gasteiger partial charge in [0.05, 0.1) is 6.42 Å². The average molecular weight is 267 g/mol. The molecule has 0 fully saturated rings. The van der Waals surface area contributed by atoms with E-state index in [9.17, 15) is 4.79 Å². The summed E-state index contributed by atoms with van der Waals surface area (Å²) in [7, 11) is 0. The minimum atomic E-state index is 0.0923. The SMILES string of the molecule is Cc1ccc(C)c(CC(=O)NCCc2ccccc2)c1. The van der Waals surface area contributed by atoms with E-state index >= 15 is 0 Å². The number of nitrogens with one attached hydrogen (secondary N) is 1. The van der Waals surface area contributed by atoms with Crippen molar-refractivity contribution >= 4 is 5.91 Å². The average Bonchev–Trinajstić information content (AvgIpc) is 2.44. The van der Waals surface area contributed by atoms with Crippen LogP contribution in [0.2, 0.25) is 0 Å². The highest BCUT2D eigenvalue weighted by Crippen LogP contribution is 2.11. The van der Waals surface area contributed by atoms with Crippen LogP contribution >= 0.6 is 0 Å². The first-order chi connectivity index (χ1) is 9.65. The van der Waals surface area contributed by atoms with Gasteiger partial charge in [0, 0.05) is 6.54 Å². The summed E-state index contributed by atoms with van der Waals surface area (Å²) in [5.74, 6) is 0.0923. The molecule has 104 valence electrons. The highest BCUT2D eigenvalue weighted by molar-refractivity contribution is 5.79. The van der Waals surface area contributed by atoms with Crippen LogP contribution in [0.25, 0.3) is 0 Å². The second kappa shape index (κ2) is 6.90. The van der Waals surface area contributed by atoms with Crippen LogP contribution in [0, 0.1) is 13.8 Å². The van der Waals surface area contributed by atoms with Crippen molar-refractivity contribution in [1.29, 1.82) is 0 Å². The molecule has 2 rings (SSSR count). The maximum Gasteiger partial charge on any atom is 0.224 e. The third-order valence-corrected chi connectivity index (χ3v) is 3.43. The number of rotatable bonds is 5. The zero-order chi connectivity index (χ0) is 14.4. The second-order valence-electron chi connectivity index (χ2n) is 5.19. The summed E-state index contributed by atoms with van der Waals surface area (Å²) in [4.78, 5) is 12.0. The van der Waals surface area contributed by atoms with Crippen LogP contribution in [0.15, 0.2) is 48.5 Å². The van der Waals surface area contributed by atoms with Crippen molar-refractivity contribution in [3.63, 3.8) is 0 Å². The van der Waals surface area contributed by atoms with E-state index in [0.29, 0.717) is 13.0 Å². The van der Waals surface area contributed by atoms with Crippen molar-refractivity contribution < 1.29 is 4.79 Å². The summed E-state index contributed by atoms with van der Waals surface area (Å²) in [5, 5.41) is 2.99. The highest BCUT2D eigenvalue weighted by atomic mass is 16.1. The summed E-state index contributed by atoms with van der Waals surface area (Å²) in [6.45, 7) is 4.79. The molecular formula is C18H21NO. The van der Waals surface area contributed by atoms with Gasteiger partial charge in [0.2, 0.25) is 5.91 Å². The van der Waals surface area contributed by atoms with Crippen LogP contribution in [0.3, 0.4) is 0 Å². The third-order valence-electron chi connectivity index (χ3n) is 3.43. The van der Waals surface area contributed by atoms with Crippen molar-refractivity contribution in [2.75, 3.05) is 6.54 Å². The van der Waals surface area contributed by atoms with Crippen molar-refractivity contribution in [2.45, 2.75) is 26.7 Å². The van der Waals surface area contributed by atoms with E-state index < -0.39 is 0 Å². The quantitative estimate of drug-likeness (QED) is 0.885. The Morgan fingerprint density at radius 2 is 1.80 bits per heavy atom. The summed E-state index contributed by atoms with van der Waals surface area (Å²) < 4.78 is 0. The first-order valence-corrected chi connectivity index (χ1v) is 7.02. The molecule has 0 aliphatic carbocycles.